The Morgan fingerprint density at radius 2 is 2.07 bits per heavy atom. The molecule has 4 heteroatoms. The van der Waals surface area contributed by atoms with Crippen LogP contribution >= 0.6 is 0 Å². The zero-order chi connectivity index (χ0) is 10.1. The molecule has 0 aliphatic carbocycles. The first-order chi connectivity index (χ1) is 7.43. The number of H-pyrrole nitrogens is 1. The van der Waals surface area contributed by atoms with E-state index in [0.717, 1.165) is 24.1 Å². The van der Waals surface area contributed by atoms with Gasteiger partial charge in [0.15, 0.2) is 5.65 Å². The fourth-order valence-electron chi connectivity index (χ4n) is 2.19. The van der Waals surface area contributed by atoms with Gasteiger partial charge in [0.1, 0.15) is 0 Å². The molecule has 3 rings (SSSR count). The first-order valence-electron chi connectivity index (χ1n) is 5.44. The van der Waals surface area contributed by atoms with Gasteiger partial charge in [0.25, 0.3) is 0 Å². The molecule has 0 unspecified atom stereocenters. The molecule has 0 spiro atoms. The third kappa shape index (κ3) is 1.61. The SMILES string of the molecule is c1cc2cn[nH]c2nc1C1CCNCC1. The zero-order valence-electron chi connectivity index (χ0n) is 8.53. The molecule has 2 aromatic rings. The van der Waals surface area contributed by atoms with Gasteiger partial charge in [-0.05, 0) is 38.1 Å². The highest BCUT2D eigenvalue weighted by Gasteiger charge is 2.16. The fourth-order valence-corrected chi connectivity index (χ4v) is 2.19. The Morgan fingerprint density at radius 3 is 2.93 bits per heavy atom. The van der Waals surface area contributed by atoms with Crippen molar-refractivity contribution in [2.45, 2.75) is 18.8 Å². The van der Waals surface area contributed by atoms with E-state index >= 15 is 0 Å². The second-order valence-corrected chi connectivity index (χ2v) is 4.07. The number of nitrogens with zero attached hydrogens (tertiary/aromatic N) is 2. The number of rotatable bonds is 1. The van der Waals surface area contributed by atoms with Crippen LogP contribution in [0.2, 0.25) is 0 Å². The summed E-state index contributed by atoms with van der Waals surface area (Å²) in [5, 5.41) is 11.4. The van der Waals surface area contributed by atoms with Crippen LogP contribution in [0.1, 0.15) is 24.5 Å². The van der Waals surface area contributed by atoms with Crippen molar-refractivity contribution < 1.29 is 0 Å². The minimum atomic E-state index is 0.610. The summed E-state index contributed by atoms with van der Waals surface area (Å²) < 4.78 is 0. The summed E-state index contributed by atoms with van der Waals surface area (Å²) in [5.74, 6) is 0.610. The molecule has 3 heterocycles. The number of piperidine rings is 1. The van der Waals surface area contributed by atoms with Gasteiger partial charge in [-0.25, -0.2) is 4.98 Å². The van der Waals surface area contributed by atoms with E-state index in [9.17, 15) is 0 Å². The average molecular weight is 202 g/mol. The van der Waals surface area contributed by atoms with Crippen LogP contribution in [0, 0.1) is 0 Å². The minimum Gasteiger partial charge on any atom is -0.317 e. The van der Waals surface area contributed by atoms with Crippen molar-refractivity contribution in [3.05, 3.63) is 24.0 Å². The normalized spacial score (nSPS) is 18.4. The second-order valence-electron chi connectivity index (χ2n) is 4.07. The highest BCUT2D eigenvalue weighted by atomic mass is 15.1. The lowest BCUT2D eigenvalue weighted by Gasteiger charge is -2.21. The Bertz CT molecular complexity index is 456. The number of pyridine rings is 1. The highest BCUT2D eigenvalue weighted by Crippen LogP contribution is 2.24. The maximum Gasteiger partial charge on any atom is 0.155 e. The van der Waals surface area contributed by atoms with Crippen LogP contribution in [-0.4, -0.2) is 28.3 Å². The number of aromatic nitrogens is 3. The van der Waals surface area contributed by atoms with Crippen molar-refractivity contribution in [1.82, 2.24) is 20.5 Å². The molecule has 2 N–H and O–H groups in total. The molecule has 1 aliphatic heterocycles. The van der Waals surface area contributed by atoms with Crippen LogP contribution in [0.4, 0.5) is 0 Å². The summed E-state index contributed by atoms with van der Waals surface area (Å²) in [6.45, 7) is 2.21. The van der Waals surface area contributed by atoms with Gasteiger partial charge >= 0.3 is 0 Å². The smallest absolute Gasteiger partial charge is 0.155 e. The molecule has 0 amide bonds. The van der Waals surface area contributed by atoms with Crippen molar-refractivity contribution >= 4 is 11.0 Å². The molecule has 1 aliphatic rings. The number of hydrogen-bond donors (Lipinski definition) is 2. The van der Waals surface area contributed by atoms with E-state index in [4.69, 9.17) is 0 Å². The van der Waals surface area contributed by atoms with Crippen molar-refractivity contribution in [2.75, 3.05) is 13.1 Å². The maximum atomic E-state index is 4.61. The fraction of sp³-hybridized carbons (Fsp3) is 0.455. The van der Waals surface area contributed by atoms with Gasteiger partial charge < -0.3 is 5.32 Å². The van der Waals surface area contributed by atoms with Gasteiger partial charge in [0.2, 0.25) is 0 Å². The molecule has 0 atom stereocenters. The van der Waals surface area contributed by atoms with E-state index in [1.54, 1.807) is 0 Å². The molecule has 0 saturated carbocycles. The Hall–Kier alpha value is -1.42. The summed E-state index contributed by atoms with van der Waals surface area (Å²) >= 11 is 0. The van der Waals surface area contributed by atoms with Crippen LogP contribution in [0.15, 0.2) is 18.3 Å². The summed E-state index contributed by atoms with van der Waals surface area (Å²) in [4.78, 5) is 4.61. The average Bonchev–Trinajstić information content (AvgIpc) is 2.77. The van der Waals surface area contributed by atoms with Gasteiger partial charge in [-0.3, -0.25) is 5.10 Å². The first kappa shape index (κ1) is 8.85. The van der Waals surface area contributed by atoms with Gasteiger partial charge in [0.05, 0.1) is 6.20 Å². The van der Waals surface area contributed by atoms with Crippen LogP contribution < -0.4 is 5.32 Å². The molecule has 0 aromatic carbocycles. The molecule has 0 radical (unpaired) electrons. The van der Waals surface area contributed by atoms with Crippen molar-refractivity contribution in [3.63, 3.8) is 0 Å². The van der Waals surface area contributed by atoms with E-state index in [-0.39, 0.29) is 0 Å². The highest BCUT2D eigenvalue weighted by molar-refractivity contribution is 5.73. The standard InChI is InChI=1S/C11H14N4/c1-2-10(8-3-5-12-6-4-8)14-11-9(1)7-13-15-11/h1-2,7-8,12H,3-6H2,(H,13,14,15). The van der Waals surface area contributed by atoms with Crippen molar-refractivity contribution in [1.29, 1.82) is 0 Å². The van der Waals surface area contributed by atoms with Crippen LogP contribution in [0.5, 0.6) is 0 Å². The molecule has 0 bridgehead atoms. The number of aromatic amines is 1. The quantitative estimate of drug-likeness (QED) is 0.735. The van der Waals surface area contributed by atoms with E-state index in [1.165, 1.54) is 18.5 Å². The molecular weight excluding hydrogens is 188 g/mol. The van der Waals surface area contributed by atoms with Crippen molar-refractivity contribution in [3.8, 4) is 0 Å². The van der Waals surface area contributed by atoms with E-state index in [0.29, 0.717) is 5.92 Å². The summed E-state index contributed by atoms with van der Waals surface area (Å²) in [7, 11) is 0. The zero-order valence-corrected chi connectivity index (χ0v) is 8.53. The second kappa shape index (κ2) is 3.62. The minimum absolute atomic E-state index is 0.610. The Morgan fingerprint density at radius 1 is 1.20 bits per heavy atom. The largest absolute Gasteiger partial charge is 0.317 e. The Balaban J connectivity index is 1.95. The number of hydrogen-bond acceptors (Lipinski definition) is 3. The van der Waals surface area contributed by atoms with Gasteiger partial charge in [-0.2, -0.15) is 5.10 Å². The van der Waals surface area contributed by atoms with Gasteiger partial charge in [-0.1, -0.05) is 0 Å². The molecule has 1 saturated heterocycles. The molecule has 1 fully saturated rings. The lowest BCUT2D eigenvalue weighted by molar-refractivity contribution is 0.454. The summed E-state index contributed by atoms with van der Waals surface area (Å²) in [6.07, 6.45) is 4.19. The summed E-state index contributed by atoms with van der Waals surface area (Å²) in [6, 6.07) is 4.23. The van der Waals surface area contributed by atoms with Crippen molar-refractivity contribution in [2.24, 2.45) is 0 Å². The molecule has 78 valence electrons. The van der Waals surface area contributed by atoms with Crippen LogP contribution in [0.3, 0.4) is 0 Å². The third-order valence-electron chi connectivity index (χ3n) is 3.08. The van der Waals surface area contributed by atoms with Gasteiger partial charge in [0, 0.05) is 17.0 Å². The van der Waals surface area contributed by atoms with Crippen LogP contribution in [0.25, 0.3) is 11.0 Å². The Kier molecular flexibility index (Phi) is 2.14. The first-order valence-corrected chi connectivity index (χ1v) is 5.44. The van der Waals surface area contributed by atoms with E-state index < -0.39 is 0 Å². The number of fused-ring (bicyclic) bond motifs is 1. The topological polar surface area (TPSA) is 53.6 Å². The van der Waals surface area contributed by atoms with E-state index in [1.807, 2.05) is 6.20 Å². The third-order valence-corrected chi connectivity index (χ3v) is 3.08. The number of nitrogens with one attached hydrogen (secondary N) is 2. The summed E-state index contributed by atoms with van der Waals surface area (Å²) in [5.41, 5.74) is 2.11. The lowest BCUT2D eigenvalue weighted by atomic mass is 9.94. The molecule has 2 aromatic heterocycles. The molecular formula is C11H14N4. The van der Waals surface area contributed by atoms with Crippen LogP contribution in [-0.2, 0) is 0 Å². The molecule has 4 nitrogen and oxygen atoms in total. The monoisotopic (exact) mass is 202 g/mol. The predicted molar refractivity (Wildman–Crippen MR) is 58.7 cm³/mol. The van der Waals surface area contributed by atoms with Gasteiger partial charge in [-0.15, -0.1) is 0 Å². The predicted octanol–water partition coefficient (Wildman–Crippen LogP) is 1.42. The maximum absolute atomic E-state index is 4.61. The lowest BCUT2D eigenvalue weighted by Crippen LogP contribution is -2.27. The molecule has 15 heavy (non-hydrogen) atoms. The Labute approximate surface area is 88.1 Å². The van der Waals surface area contributed by atoms with E-state index in [2.05, 4.69) is 32.6 Å².